The molecular formula is C25H34F2N4O3. The number of carbonyl (C=O) groups excluding carboxylic acids is 1. The molecule has 3 fully saturated rings. The third-order valence-electron chi connectivity index (χ3n) is 7.66. The van der Waals surface area contributed by atoms with Gasteiger partial charge >= 0.3 is 11.8 Å². The van der Waals surface area contributed by atoms with Crippen LogP contribution in [-0.4, -0.2) is 49.7 Å². The van der Waals surface area contributed by atoms with Crippen molar-refractivity contribution in [2.24, 2.45) is 30.2 Å². The Morgan fingerprint density at radius 2 is 1.85 bits per heavy atom. The maximum Gasteiger partial charge on any atom is 0.410 e. The molecule has 2 saturated carbocycles. The van der Waals surface area contributed by atoms with Gasteiger partial charge in [0.1, 0.15) is 5.60 Å². The van der Waals surface area contributed by atoms with E-state index in [4.69, 9.17) is 4.74 Å². The fourth-order valence-electron chi connectivity index (χ4n) is 6.35. The van der Waals surface area contributed by atoms with Crippen LogP contribution in [-0.2, 0) is 23.7 Å². The Morgan fingerprint density at radius 3 is 2.47 bits per heavy atom. The fourth-order valence-corrected chi connectivity index (χ4v) is 6.35. The summed E-state index contributed by atoms with van der Waals surface area (Å²) >= 11 is 0. The average Bonchev–Trinajstić information content (AvgIpc) is 3.06. The molecule has 3 heterocycles. The van der Waals surface area contributed by atoms with Crippen LogP contribution in [0.15, 0.2) is 16.9 Å². The Hall–Kier alpha value is -2.45. The number of pyridine rings is 1. The summed E-state index contributed by atoms with van der Waals surface area (Å²) in [7, 11) is 1.64. The number of aromatic nitrogens is 3. The smallest absolute Gasteiger partial charge is 0.410 e. The number of likely N-dealkylation sites (tertiary alicyclic amines) is 1. The zero-order valence-corrected chi connectivity index (χ0v) is 21.0. The number of nitrogens with zero attached hydrogens (tertiary/aromatic N) is 4. The number of ether oxygens (including phenoxy) is 1. The van der Waals surface area contributed by atoms with E-state index in [-0.39, 0.29) is 35.9 Å². The van der Waals surface area contributed by atoms with Crippen molar-refractivity contribution in [3.8, 4) is 0 Å². The van der Waals surface area contributed by atoms with Gasteiger partial charge in [0.2, 0.25) is 0 Å². The second-order valence-corrected chi connectivity index (χ2v) is 12.6. The molecule has 0 aromatic carbocycles. The highest BCUT2D eigenvalue weighted by molar-refractivity contribution is 5.73. The first-order valence-electron chi connectivity index (χ1n) is 12.0. The third-order valence-corrected chi connectivity index (χ3v) is 7.66. The highest BCUT2D eigenvalue weighted by Crippen LogP contribution is 2.78. The molecule has 2 aromatic rings. The van der Waals surface area contributed by atoms with Gasteiger partial charge in [-0.15, -0.1) is 0 Å². The van der Waals surface area contributed by atoms with Crippen LogP contribution in [0.5, 0.6) is 0 Å². The number of rotatable bonds is 2. The minimum atomic E-state index is -2.88. The van der Waals surface area contributed by atoms with Crippen molar-refractivity contribution in [3.05, 3.63) is 28.3 Å². The van der Waals surface area contributed by atoms with Gasteiger partial charge in [-0.2, -0.15) is 0 Å². The molecule has 4 unspecified atom stereocenters. The lowest BCUT2D eigenvalue weighted by Gasteiger charge is -2.25. The van der Waals surface area contributed by atoms with Crippen molar-refractivity contribution >= 4 is 17.3 Å². The summed E-state index contributed by atoms with van der Waals surface area (Å²) in [6, 6.07) is 3.45. The predicted molar refractivity (Wildman–Crippen MR) is 124 cm³/mol. The lowest BCUT2D eigenvalue weighted by atomic mass is 9.91. The van der Waals surface area contributed by atoms with E-state index in [1.807, 2.05) is 20.8 Å². The van der Waals surface area contributed by atoms with Crippen molar-refractivity contribution < 1.29 is 18.3 Å². The van der Waals surface area contributed by atoms with Crippen LogP contribution >= 0.6 is 0 Å². The lowest BCUT2D eigenvalue weighted by Crippen LogP contribution is -2.36. The summed E-state index contributed by atoms with van der Waals surface area (Å²) in [5.74, 6) is -4.03. The average molecular weight is 477 g/mol. The minimum Gasteiger partial charge on any atom is -0.444 e. The van der Waals surface area contributed by atoms with Crippen molar-refractivity contribution in [2.75, 3.05) is 13.1 Å². The molecule has 1 aliphatic heterocycles. The molecule has 0 N–H and O–H groups in total. The zero-order valence-electron chi connectivity index (χ0n) is 21.0. The topological polar surface area (TPSA) is 69.4 Å². The lowest BCUT2D eigenvalue weighted by molar-refractivity contribution is 0.0276. The van der Waals surface area contributed by atoms with Gasteiger partial charge in [0.05, 0.1) is 16.6 Å². The van der Waals surface area contributed by atoms with Gasteiger partial charge in [-0.3, -0.25) is 9.13 Å². The summed E-state index contributed by atoms with van der Waals surface area (Å²) in [4.78, 5) is 31.6. The van der Waals surface area contributed by atoms with Crippen LogP contribution in [0.2, 0.25) is 0 Å². The first-order chi connectivity index (χ1) is 15.6. The van der Waals surface area contributed by atoms with Crippen molar-refractivity contribution in [2.45, 2.75) is 71.4 Å². The number of aryl methyl sites for hydroxylation is 1. The number of imidazole rings is 1. The first kappa shape index (κ1) is 23.3. The molecule has 1 amide bonds. The Balaban J connectivity index is 1.46. The van der Waals surface area contributed by atoms with Crippen LogP contribution in [0.4, 0.5) is 13.6 Å². The second kappa shape index (κ2) is 6.82. The van der Waals surface area contributed by atoms with Crippen LogP contribution < -0.4 is 5.69 Å². The molecule has 5 rings (SSSR count). The standard InChI is InChI=1S/C25H34F2N4O3/c1-22(2,3)13-31-16-8-9-17(28-19(16)29(7)20(31)32)24-10-14-11-30(21(33)34-23(4,5)6)12-15(14)18(24)25(24,26)27/h8-9,14-15,18H,10-13H2,1-7H3. The normalized spacial score (nSPS) is 29.9. The molecule has 0 bridgehead atoms. The number of fused-ring (bicyclic) bond motifs is 4. The largest absolute Gasteiger partial charge is 0.444 e. The van der Waals surface area contributed by atoms with Crippen molar-refractivity contribution in [3.63, 3.8) is 0 Å². The van der Waals surface area contributed by atoms with E-state index >= 15 is 8.78 Å². The highest BCUT2D eigenvalue weighted by Gasteiger charge is 2.88. The molecule has 4 atom stereocenters. The minimum absolute atomic E-state index is 0.0102. The van der Waals surface area contributed by atoms with Crippen LogP contribution in [0.25, 0.3) is 11.2 Å². The van der Waals surface area contributed by atoms with E-state index in [0.717, 1.165) is 0 Å². The van der Waals surface area contributed by atoms with Crippen molar-refractivity contribution in [1.82, 2.24) is 19.0 Å². The van der Waals surface area contributed by atoms with E-state index in [2.05, 4.69) is 4.98 Å². The molecular weight excluding hydrogens is 442 g/mol. The SMILES string of the molecule is Cn1c(=O)n(CC(C)(C)C)c2ccc(C34CC5CN(C(=O)OC(C)(C)C)CC5C3C4(F)F)nc21. The molecule has 9 heteroatoms. The van der Waals surface area contributed by atoms with Gasteiger partial charge in [-0.25, -0.2) is 23.4 Å². The van der Waals surface area contributed by atoms with E-state index in [9.17, 15) is 9.59 Å². The Bertz CT molecular complexity index is 1240. The molecule has 7 nitrogen and oxygen atoms in total. The number of carbonyl (C=O) groups is 1. The number of halogens is 2. The van der Waals surface area contributed by atoms with Gasteiger partial charge in [-0.05, 0) is 56.6 Å². The Kier molecular flexibility index (Phi) is 4.67. The van der Waals surface area contributed by atoms with Gasteiger partial charge in [0.15, 0.2) is 5.65 Å². The molecule has 3 aliphatic rings. The molecule has 34 heavy (non-hydrogen) atoms. The third kappa shape index (κ3) is 3.22. The second-order valence-electron chi connectivity index (χ2n) is 12.6. The van der Waals surface area contributed by atoms with Gasteiger partial charge in [0.25, 0.3) is 5.92 Å². The fraction of sp³-hybridized carbons (Fsp3) is 0.720. The van der Waals surface area contributed by atoms with E-state index in [1.165, 1.54) is 4.57 Å². The predicted octanol–water partition coefficient (Wildman–Crippen LogP) is 4.17. The monoisotopic (exact) mass is 476 g/mol. The van der Waals surface area contributed by atoms with Gasteiger partial charge in [-0.1, -0.05) is 20.8 Å². The summed E-state index contributed by atoms with van der Waals surface area (Å²) in [6.45, 7) is 12.8. The van der Waals surface area contributed by atoms with Gasteiger partial charge in [0, 0.05) is 32.6 Å². The Morgan fingerprint density at radius 1 is 1.18 bits per heavy atom. The quantitative estimate of drug-likeness (QED) is 0.652. The van der Waals surface area contributed by atoms with E-state index in [0.29, 0.717) is 29.9 Å². The zero-order chi connectivity index (χ0) is 25.0. The number of amides is 1. The molecule has 2 aliphatic carbocycles. The van der Waals surface area contributed by atoms with Crippen molar-refractivity contribution in [1.29, 1.82) is 0 Å². The summed E-state index contributed by atoms with van der Waals surface area (Å²) in [5.41, 5.74) is -0.793. The molecule has 186 valence electrons. The number of hydrogen-bond acceptors (Lipinski definition) is 4. The summed E-state index contributed by atoms with van der Waals surface area (Å²) < 4.78 is 39.3. The summed E-state index contributed by atoms with van der Waals surface area (Å²) in [6.07, 6.45) is -0.157. The van der Waals surface area contributed by atoms with E-state index < -0.39 is 28.9 Å². The number of hydrogen-bond donors (Lipinski definition) is 0. The van der Waals surface area contributed by atoms with Crippen LogP contribution in [0.3, 0.4) is 0 Å². The molecule has 1 saturated heterocycles. The first-order valence-corrected chi connectivity index (χ1v) is 12.0. The van der Waals surface area contributed by atoms with Gasteiger partial charge < -0.3 is 9.64 Å². The molecule has 0 spiro atoms. The molecule has 2 aromatic heterocycles. The highest BCUT2D eigenvalue weighted by atomic mass is 19.3. The van der Waals surface area contributed by atoms with Crippen LogP contribution in [0.1, 0.15) is 53.7 Å². The molecule has 0 radical (unpaired) electrons. The Labute approximate surface area is 198 Å². The van der Waals surface area contributed by atoms with Crippen LogP contribution in [0, 0.1) is 23.2 Å². The maximum absolute atomic E-state index is 15.4. The maximum atomic E-state index is 15.4. The number of alkyl halides is 2. The summed E-state index contributed by atoms with van der Waals surface area (Å²) in [5, 5.41) is 0. The van der Waals surface area contributed by atoms with E-state index in [1.54, 1.807) is 49.4 Å².